The summed E-state index contributed by atoms with van der Waals surface area (Å²) in [4.78, 5) is 84.1. The molecule has 0 aromatic carbocycles. The van der Waals surface area contributed by atoms with Crippen molar-refractivity contribution in [2.75, 3.05) is 12.0 Å². The van der Waals surface area contributed by atoms with Gasteiger partial charge < -0.3 is 47.4 Å². The number of imidazole rings is 4. The summed E-state index contributed by atoms with van der Waals surface area (Å²) in [5.41, 5.74) is 1.14. The average molecular weight is 1350 g/mol. The zero-order chi connectivity index (χ0) is 54.8. The van der Waals surface area contributed by atoms with E-state index in [1.54, 1.807) is 63.3 Å². The molecule has 37 heteroatoms. The number of aryl methyl sites for hydroxylation is 2. The monoisotopic (exact) mass is 1350 g/mol. The second-order valence-corrected chi connectivity index (χ2v) is 16.2. The van der Waals surface area contributed by atoms with Crippen LogP contribution >= 0.6 is 79.3 Å². The summed E-state index contributed by atoms with van der Waals surface area (Å²) >= 11 is 9.34. The molecule has 0 aliphatic rings. The predicted octanol–water partition coefficient (Wildman–Crippen LogP) is 1.93. The number of halogens is 6. The molecule has 412 valence electrons. The normalized spacial score (nSPS) is 8.87. The molecule has 9 heterocycles. The molecular formula is C41H46F5IK2N16O8S5. The Balaban J connectivity index is -0.000000197. The number of Topliss-reactive ketones (excluding diaryl/α,β-unsaturated/α-hetero) is 1. The van der Waals surface area contributed by atoms with Gasteiger partial charge in [-0.2, -0.15) is 23.7 Å². The van der Waals surface area contributed by atoms with E-state index in [-0.39, 0.29) is 135 Å². The van der Waals surface area contributed by atoms with Gasteiger partial charge in [0.25, 0.3) is 12.9 Å². The number of ketones is 1. The van der Waals surface area contributed by atoms with Crippen molar-refractivity contribution in [3.63, 3.8) is 0 Å². The Morgan fingerprint density at radius 2 is 1.15 bits per heavy atom. The zero-order valence-electron chi connectivity index (χ0n) is 42.1. The number of nitriles is 2. The van der Waals surface area contributed by atoms with E-state index in [0.29, 0.717) is 45.7 Å². The van der Waals surface area contributed by atoms with Crippen molar-refractivity contribution < 1.29 is 166 Å². The molecule has 9 aromatic rings. The van der Waals surface area contributed by atoms with Crippen molar-refractivity contribution in [3.8, 4) is 55.5 Å². The van der Waals surface area contributed by atoms with Crippen molar-refractivity contribution in [1.29, 1.82) is 10.5 Å². The summed E-state index contributed by atoms with van der Waals surface area (Å²) < 4.78 is 60.4. The number of aliphatic hydroxyl groups excluding tert-OH is 1. The van der Waals surface area contributed by atoms with E-state index in [2.05, 4.69) is 82.3 Å². The van der Waals surface area contributed by atoms with Gasteiger partial charge in [-0.05, 0) is 4.93 Å². The second-order valence-electron chi connectivity index (χ2n) is 11.7. The van der Waals surface area contributed by atoms with E-state index in [9.17, 15) is 36.3 Å². The third-order valence-electron chi connectivity index (χ3n) is 7.04. The van der Waals surface area contributed by atoms with E-state index in [4.69, 9.17) is 25.7 Å². The Kier molecular flexibility index (Phi) is 50.6. The third kappa shape index (κ3) is 31.1. The van der Waals surface area contributed by atoms with Crippen LogP contribution in [0, 0.1) is 22.7 Å². The molecule has 0 amide bonds. The van der Waals surface area contributed by atoms with E-state index in [0.717, 1.165) is 52.6 Å². The summed E-state index contributed by atoms with van der Waals surface area (Å²) in [5, 5.41) is 45.4. The number of aliphatic hydroxyl groups is 1. The number of carbonyl (C=O) groups excluding carboxylic acids is 4. The fraction of sp³-hybridized carbons (Fsp3) is 0.195. The van der Waals surface area contributed by atoms with Crippen LogP contribution in [0.1, 0.15) is 59.6 Å². The molecular weight excluding hydrogens is 1300 g/mol. The molecule has 0 saturated heterocycles. The van der Waals surface area contributed by atoms with Crippen molar-refractivity contribution in [2.45, 2.75) is 27.0 Å². The summed E-state index contributed by atoms with van der Waals surface area (Å²) in [7, 11) is 4.70. The number of aromatic amines is 2. The first-order valence-corrected chi connectivity index (χ1v) is 25.4. The number of hydrogen-bond donors (Lipinski definition) is 4. The Labute approximate surface area is 562 Å². The fourth-order valence-electron chi connectivity index (χ4n) is 4.15. The van der Waals surface area contributed by atoms with Crippen molar-refractivity contribution in [2.24, 2.45) is 14.1 Å². The van der Waals surface area contributed by atoms with Gasteiger partial charge in [0.05, 0.1) is 12.4 Å². The first-order valence-electron chi connectivity index (χ1n) is 18.9. The topological polar surface area (TPSA) is 392 Å². The minimum Gasteiger partial charge on any atom is -1.00 e. The SMILES string of the molecule is C.CC(=O)C(F)(F)F.CI.CO.Cn1cc(C#N)nc1-c1nccs1.Cn1cc(C=O)nc1-c1nccs1.FC(F)c1cnc(-c2nccs2)[nH]1.N.N#Cc1cnc(-c2nccs2)[nH]1.O.O=CO[O-].O=Cc1nccs1.[H-].[K+].[K+]. The number of hydrogen-bond acceptors (Lipinski definition) is 24. The van der Waals surface area contributed by atoms with Crippen LogP contribution < -0.4 is 114 Å². The summed E-state index contributed by atoms with van der Waals surface area (Å²) in [6.45, 7) is 0.306. The third-order valence-corrected chi connectivity index (χ3v) is 10.8. The van der Waals surface area contributed by atoms with Crippen LogP contribution in [0.25, 0.3) is 43.3 Å². The summed E-state index contributed by atoms with van der Waals surface area (Å²) in [6.07, 6.45) is 8.67. The Morgan fingerprint density at radius 1 is 0.744 bits per heavy atom. The number of alkyl halides is 6. The molecule has 0 saturated carbocycles. The van der Waals surface area contributed by atoms with Crippen LogP contribution in [0.3, 0.4) is 0 Å². The van der Waals surface area contributed by atoms with Gasteiger partial charge >= 0.3 is 109 Å². The number of aromatic nitrogens is 13. The molecule has 0 atom stereocenters. The maximum atomic E-state index is 12.1. The second kappa shape index (κ2) is 47.7. The van der Waals surface area contributed by atoms with Gasteiger partial charge in [0.1, 0.15) is 29.2 Å². The maximum Gasteiger partial charge on any atom is 1.00 e. The van der Waals surface area contributed by atoms with E-state index >= 15 is 0 Å². The first-order chi connectivity index (χ1) is 35.1. The smallest absolute Gasteiger partial charge is 1.00 e. The van der Waals surface area contributed by atoms with Crippen molar-refractivity contribution in [1.82, 2.24) is 70.1 Å². The standard InChI is InChI=1S/C8H6N4S.C8H7N3OS.C7H5F2N3S.C7H4N4S.C4H3NOS.C3H3F3O.CH3I.CH2O3.CH4O.CH4.2K.H3N.H2O.H/c1-12-5-6(4-9)11-7(12)8-10-2-3-13-8;1-11-4-6(5-12)10-7(11)8-9-2-3-13-8;8-5(9)4-3-11-6(12-4)7-10-1-2-13-7;8-3-5-4-10-6(11-5)7-9-1-2-12-7;6-3-4-5-1-2-7-4;1-2(7)3(4,5)6;1-2;2-1-4-3;1-2;;;;;;/h2-3,5H,1H3;2-5H,1H3;1-3,5H,(H,11,12);1-2,4H,(H,10,11);1-3H;1H3;1H3;1,3H;2H,1H3;1H4;;;1H3;1H2;/q;;;;;;;;;;2*+1;;;-1/p-1. The van der Waals surface area contributed by atoms with Gasteiger partial charge in [-0.15, -0.1) is 56.7 Å². The Bertz CT molecular complexity index is 3000. The van der Waals surface area contributed by atoms with Crippen molar-refractivity contribution in [3.05, 3.63) is 110 Å². The first kappa shape index (κ1) is 82.8. The summed E-state index contributed by atoms with van der Waals surface area (Å²) in [5.74, 6) is 0.767. The number of rotatable bonds is 8. The predicted molar refractivity (Wildman–Crippen MR) is 284 cm³/mol. The molecule has 8 N–H and O–H groups in total. The molecule has 0 bridgehead atoms. The number of nitrogens with one attached hydrogen (secondary N) is 2. The Morgan fingerprint density at radius 3 is 1.45 bits per heavy atom. The van der Waals surface area contributed by atoms with E-state index in [1.807, 2.05) is 47.3 Å². The molecule has 0 aliphatic heterocycles. The molecule has 0 fully saturated rings. The van der Waals surface area contributed by atoms with E-state index < -0.39 is 18.4 Å². The number of aldehydes is 2. The van der Waals surface area contributed by atoms with Crippen molar-refractivity contribution >= 4 is 104 Å². The molecule has 0 radical (unpaired) electrons. The van der Waals surface area contributed by atoms with Crippen LogP contribution in [0.15, 0.2) is 82.7 Å². The fourth-order valence-corrected chi connectivity index (χ4v) is 7.10. The maximum absolute atomic E-state index is 12.1. The van der Waals surface area contributed by atoms with Gasteiger partial charge in [0.2, 0.25) is 5.78 Å². The molecule has 24 nitrogen and oxygen atoms in total. The van der Waals surface area contributed by atoms with Gasteiger partial charge in [-0.1, -0.05) is 30.0 Å². The molecule has 0 aliphatic carbocycles. The average Bonchev–Trinajstić information content (AvgIpc) is 4.25. The molecule has 0 unspecified atom stereocenters. The van der Waals surface area contributed by atoms with Crippen LogP contribution in [-0.4, -0.2) is 118 Å². The van der Waals surface area contributed by atoms with E-state index in [1.165, 1.54) is 62.9 Å². The molecule has 9 rings (SSSR count). The minimum atomic E-state index is -4.64. The van der Waals surface area contributed by atoms with Crippen LogP contribution in [0.4, 0.5) is 22.0 Å². The quantitative estimate of drug-likeness (QED) is 0.0321. The number of thiazole rings is 5. The zero-order valence-corrected chi connectivity index (χ0v) is 53.6. The van der Waals surface area contributed by atoms with Crippen LogP contribution in [0.2, 0.25) is 0 Å². The molecule has 78 heavy (non-hydrogen) atoms. The number of carbonyl (C=O) groups is 4. The largest absolute Gasteiger partial charge is 1.00 e. The van der Waals surface area contributed by atoms with Crippen LogP contribution in [-0.2, 0) is 28.6 Å². The minimum absolute atomic E-state index is 0. The van der Waals surface area contributed by atoms with Gasteiger partial charge in [0, 0.05) is 98.4 Å². The number of nitrogens with zero attached hydrogens (tertiary/aromatic N) is 13. The molecule has 0 spiro atoms. The molecule has 9 aromatic heterocycles. The van der Waals surface area contributed by atoms with Gasteiger partial charge in [0.15, 0.2) is 66.6 Å². The van der Waals surface area contributed by atoms with Gasteiger partial charge in [-0.3, -0.25) is 19.2 Å². The van der Waals surface area contributed by atoms with Gasteiger partial charge in [-0.25, -0.2) is 53.6 Å². The Hall–Kier alpha value is -4.06. The van der Waals surface area contributed by atoms with Crippen LogP contribution in [0.5, 0.6) is 0 Å². The number of H-pyrrole nitrogens is 2. The summed E-state index contributed by atoms with van der Waals surface area (Å²) in [6, 6.07) is 3.96.